The van der Waals surface area contributed by atoms with Crippen molar-refractivity contribution in [1.29, 1.82) is 0 Å². The molecule has 0 aliphatic carbocycles. The quantitative estimate of drug-likeness (QED) is 0.540. The van der Waals surface area contributed by atoms with Gasteiger partial charge in [0, 0.05) is 11.7 Å². The third-order valence-electron chi connectivity index (χ3n) is 5.52. The summed E-state index contributed by atoms with van der Waals surface area (Å²) in [6.45, 7) is 4.04. The van der Waals surface area contributed by atoms with E-state index in [1.807, 2.05) is 44.2 Å². The summed E-state index contributed by atoms with van der Waals surface area (Å²) < 4.78 is 33.8. The number of hydrogen-bond donors (Lipinski definition) is 0. The highest BCUT2D eigenvalue weighted by Gasteiger charge is 2.34. The van der Waals surface area contributed by atoms with E-state index in [0.717, 1.165) is 17.7 Å². The zero-order valence-electron chi connectivity index (χ0n) is 18.1. The van der Waals surface area contributed by atoms with Crippen LogP contribution < -0.4 is 13.9 Å². The van der Waals surface area contributed by atoms with Crippen LogP contribution in [-0.4, -0.2) is 33.5 Å². The van der Waals surface area contributed by atoms with Gasteiger partial charge in [0.15, 0.2) is 0 Å². The molecule has 4 rings (SSSR count). The molecule has 0 unspecified atom stereocenters. The van der Waals surface area contributed by atoms with Crippen LogP contribution in [0.4, 0.5) is 11.4 Å². The number of carbonyl (C=O) groups excluding carboxylic acids is 1. The lowest BCUT2D eigenvalue weighted by molar-refractivity contribution is -0.117. The van der Waals surface area contributed by atoms with Crippen LogP contribution in [0.3, 0.4) is 0 Å². The average Bonchev–Trinajstić information content (AvgIpc) is 3.14. The molecule has 0 fully saturated rings. The molecule has 1 heterocycles. The number of anilines is 2. The minimum Gasteiger partial charge on any atom is -0.494 e. The molecule has 3 aromatic rings. The smallest absolute Gasteiger partial charge is 0.264 e. The van der Waals surface area contributed by atoms with E-state index in [4.69, 9.17) is 4.74 Å². The lowest BCUT2D eigenvalue weighted by Gasteiger charge is -2.29. The van der Waals surface area contributed by atoms with Crippen molar-refractivity contribution in [3.05, 3.63) is 84.4 Å². The first-order valence-electron chi connectivity index (χ1n) is 10.6. The summed E-state index contributed by atoms with van der Waals surface area (Å²) >= 11 is 0. The lowest BCUT2D eigenvalue weighted by atomic mass is 10.1. The van der Waals surface area contributed by atoms with Gasteiger partial charge in [-0.3, -0.25) is 9.10 Å². The van der Waals surface area contributed by atoms with E-state index in [0.29, 0.717) is 18.0 Å². The predicted molar refractivity (Wildman–Crippen MR) is 126 cm³/mol. The Labute approximate surface area is 189 Å². The Balaban J connectivity index is 1.68. The molecule has 3 aromatic carbocycles. The summed E-state index contributed by atoms with van der Waals surface area (Å²) in [6.07, 6.45) is 0.749. The van der Waals surface area contributed by atoms with Crippen molar-refractivity contribution in [1.82, 2.24) is 0 Å². The maximum absolute atomic E-state index is 13.6. The van der Waals surface area contributed by atoms with E-state index in [1.54, 1.807) is 41.3 Å². The van der Waals surface area contributed by atoms with Crippen molar-refractivity contribution >= 4 is 27.3 Å². The number of sulfonamides is 1. The van der Waals surface area contributed by atoms with Crippen molar-refractivity contribution in [3.63, 3.8) is 0 Å². The molecule has 1 aliphatic heterocycles. The molecule has 7 heteroatoms. The number of ether oxygens (including phenoxy) is 1. The maximum atomic E-state index is 13.6. The molecule has 0 bridgehead atoms. The first-order valence-corrected chi connectivity index (χ1v) is 12.1. The van der Waals surface area contributed by atoms with Gasteiger partial charge in [0.2, 0.25) is 5.91 Å². The predicted octanol–water partition coefficient (Wildman–Crippen LogP) is 4.26. The van der Waals surface area contributed by atoms with Gasteiger partial charge in [0.25, 0.3) is 10.0 Å². The highest BCUT2D eigenvalue weighted by molar-refractivity contribution is 7.92. The van der Waals surface area contributed by atoms with E-state index in [-0.39, 0.29) is 23.4 Å². The van der Waals surface area contributed by atoms with Gasteiger partial charge in [-0.25, -0.2) is 8.42 Å². The van der Waals surface area contributed by atoms with Gasteiger partial charge >= 0.3 is 0 Å². The second kappa shape index (κ2) is 9.04. The molecule has 0 saturated carbocycles. The third kappa shape index (κ3) is 4.21. The van der Waals surface area contributed by atoms with Crippen LogP contribution in [0, 0.1) is 0 Å². The topological polar surface area (TPSA) is 66.9 Å². The number of para-hydroxylation sites is 2. The van der Waals surface area contributed by atoms with Gasteiger partial charge < -0.3 is 9.64 Å². The number of amides is 1. The number of carbonyl (C=O) groups is 1. The minimum absolute atomic E-state index is 0.0364. The van der Waals surface area contributed by atoms with Crippen molar-refractivity contribution in [2.24, 2.45) is 0 Å². The molecule has 166 valence electrons. The highest BCUT2D eigenvalue weighted by Crippen LogP contribution is 2.33. The monoisotopic (exact) mass is 450 g/mol. The number of benzene rings is 3. The van der Waals surface area contributed by atoms with Gasteiger partial charge in [0.1, 0.15) is 12.3 Å². The van der Waals surface area contributed by atoms with Crippen LogP contribution in [-0.2, 0) is 21.2 Å². The van der Waals surface area contributed by atoms with E-state index in [1.165, 1.54) is 16.4 Å². The number of rotatable bonds is 7. The van der Waals surface area contributed by atoms with Crippen LogP contribution in [0.5, 0.6) is 5.75 Å². The molecule has 0 saturated heterocycles. The summed E-state index contributed by atoms with van der Waals surface area (Å²) in [5.74, 6) is 0.331. The maximum Gasteiger partial charge on any atom is 0.264 e. The zero-order chi connectivity index (χ0) is 22.7. The largest absolute Gasteiger partial charge is 0.494 e. The van der Waals surface area contributed by atoms with E-state index in [9.17, 15) is 13.2 Å². The van der Waals surface area contributed by atoms with Crippen LogP contribution in [0.15, 0.2) is 83.8 Å². The fourth-order valence-corrected chi connectivity index (χ4v) is 5.47. The minimum atomic E-state index is -3.98. The fraction of sp³-hybridized carbons (Fsp3) is 0.240. The zero-order valence-corrected chi connectivity index (χ0v) is 19.0. The van der Waals surface area contributed by atoms with Crippen molar-refractivity contribution in [3.8, 4) is 5.75 Å². The van der Waals surface area contributed by atoms with Crippen molar-refractivity contribution in [2.45, 2.75) is 31.2 Å². The standard InChI is InChI=1S/C25H26N2O4S/c1-3-31-22-13-15-23(16-14-22)32(29,30)26(21-10-5-4-6-11-21)18-25(28)27-19(2)17-20-9-7-8-12-24(20)27/h4-16,19H,3,17-18H2,1-2H3/t19-/m1/s1. The molecule has 6 nitrogen and oxygen atoms in total. The van der Waals surface area contributed by atoms with Crippen LogP contribution in [0.1, 0.15) is 19.4 Å². The van der Waals surface area contributed by atoms with Gasteiger partial charge in [-0.1, -0.05) is 36.4 Å². The van der Waals surface area contributed by atoms with E-state index < -0.39 is 10.0 Å². The second-order valence-electron chi connectivity index (χ2n) is 7.70. The normalized spacial score (nSPS) is 15.3. The summed E-state index contributed by atoms with van der Waals surface area (Å²) in [7, 11) is -3.98. The van der Waals surface area contributed by atoms with Crippen LogP contribution >= 0.6 is 0 Å². The Morgan fingerprint density at radius 1 is 1.00 bits per heavy atom. The molecule has 0 aromatic heterocycles. The summed E-state index contributed by atoms with van der Waals surface area (Å²) in [6, 6.07) is 22.7. The number of hydrogen-bond acceptors (Lipinski definition) is 4. The summed E-state index contributed by atoms with van der Waals surface area (Å²) in [5, 5.41) is 0. The van der Waals surface area contributed by atoms with Crippen LogP contribution in [0.25, 0.3) is 0 Å². The van der Waals surface area contributed by atoms with Gasteiger partial charge in [-0.2, -0.15) is 0 Å². The van der Waals surface area contributed by atoms with Crippen LogP contribution in [0.2, 0.25) is 0 Å². The molecule has 1 atom stereocenters. The summed E-state index contributed by atoms with van der Waals surface area (Å²) in [5.41, 5.74) is 2.38. The SMILES string of the molecule is CCOc1ccc(S(=O)(=O)N(CC(=O)N2c3ccccc3C[C@H]2C)c2ccccc2)cc1. The van der Waals surface area contributed by atoms with Gasteiger partial charge in [-0.05, 0) is 68.3 Å². The highest BCUT2D eigenvalue weighted by atomic mass is 32.2. The molecule has 0 spiro atoms. The van der Waals surface area contributed by atoms with E-state index in [2.05, 4.69) is 0 Å². The Morgan fingerprint density at radius 2 is 1.66 bits per heavy atom. The molecule has 32 heavy (non-hydrogen) atoms. The van der Waals surface area contributed by atoms with Crippen molar-refractivity contribution < 1.29 is 17.9 Å². The lowest BCUT2D eigenvalue weighted by Crippen LogP contribution is -2.45. The molecule has 0 radical (unpaired) electrons. The van der Waals surface area contributed by atoms with Gasteiger partial charge in [0.05, 0.1) is 17.2 Å². The molecule has 0 N–H and O–H groups in total. The molecular weight excluding hydrogens is 424 g/mol. The first kappa shape index (κ1) is 21.9. The average molecular weight is 451 g/mol. The first-order chi connectivity index (χ1) is 15.4. The van der Waals surface area contributed by atoms with Crippen molar-refractivity contribution in [2.75, 3.05) is 22.4 Å². The second-order valence-corrected chi connectivity index (χ2v) is 9.56. The Bertz CT molecular complexity index is 1190. The van der Waals surface area contributed by atoms with E-state index >= 15 is 0 Å². The summed E-state index contributed by atoms with van der Waals surface area (Å²) in [4.78, 5) is 15.2. The fourth-order valence-electron chi connectivity index (χ4n) is 4.06. The molecule has 1 aliphatic rings. The third-order valence-corrected chi connectivity index (χ3v) is 7.31. The Morgan fingerprint density at radius 3 is 2.34 bits per heavy atom. The van der Waals surface area contributed by atoms with Gasteiger partial charge in [-0.15, -0.1) is 0 Å². The molecular formula is C25H26N2O4S. The molecule has 1 amide bonds. The Hall–Kier alpha value is -3.32. The Kier molecular flexibility index (Phi) is 6.19. The number of nitrogens with zero attached hydrogens (tertiary/aromatic N) is 2. The number of fused-ring (bicyclic) bond motifs is 1.